The zero-order valence-corrected chi connectivity index (χ0v) is 16.9. The monoisotopic (exact) mass is 378 g/mol. The van der Waals surface area contributed by atoms with Gasteiger partial charge in [-0.05, 0) is 81.0 Å². The van der Waals surface area contributed by atoms with Crippen LogP contribution in [-0.2, 0) is 6.54 Å². The summed E-state index contributed by atoms with van der Waals surface area (Å²) in [4.78, 5) is 6.87. The molecule has 6 heteroatoms. The molecule has 0 saturated carbocycles. The van der Waals surface area contributed by atoms with E-state index in [4.69, 9.17) is 5.26 Å². The van der Waals surface area contributed by atoms with Crippen LogP contribution in [-0.4, -0.2) is 42.3 Å². The Labute approximate surface area is 168 Å². The van der Waals surface area contributed by atoms with Gasteiger partial charge < -0.3 is 10.2 Å². The molecule has 28 heavy (non-hydrogen) atoms. The lowest BCUT2D eigenvalue weighted by Crippen LogP contribution is -2.25. The predicted molar refractivity (Wildman–Crippen MR) is 115 cm³/mol. The number of benzene rings is 1. The summed E-state index contributed by atoms with van der Waals surface area (Å²) >= 11 is 0. The number of hydrazone groups is 1. The standard InChI is InChI=1S/C22H30N6/c1-3-28(4-2)14-6-5-12-24-18-22-15-20(11-13-25-22)17-26-27-21-9-7-19(16-23)8-10-21/h7-11,13,15,17,24,27H,3-6,12,14,18H2,1-2H3/b26-17+. The third-order valence-corrected chi connectivity index (χ3v) is 4.54. The molecule has 0 fully saturated rings. The van der Waals surface area contributed by atoms with Crippen molar-refractivity contribution in [3.63, 3.8) is 0 Å². The number of aromatic nitrogens is 1. The lowest BCUT2D eigenvalue weighted by molar-refractivity contribution is 0.296. The van der Waals surface area contributed by atoms with Crippen molar-refractivity contribution in [2.24, 2.45) is 5.10 Å². The van der Waals surface area contributed by atoms with Crippen LogP contribution in [0.4, 0.5) is 5.69 Å². The highest BCUT2D eigenvalue weighted by molar-refractivity contribution is 5.80. The van der Waals surface area contributed by atoms with Crippen LogP contribution < -0.4 is 10.7 Å². The fourth-order valence-electron chi connectivity index (χ4n) is 2.82. The second-order valence-corrected chi connectivity index (χ2v) is 6.55. The molecule has 2 rings (SSSR count). The van der Waals surface area contributed by atoms with Crippen molar-refractivity contribution < 1.29 is 0 Å². The van der Waals surface area contributed by atoms with Crippen LogP contribution in [0.2, 0.25) is 0 Å². The van der Waals surface area contributed by atoms with Gasteiger partial charge >= 0.3 is 0 Å². The number of hydrogen-bond acceptors (Lipinski definition) is 6. The van der Waals surface area contributed by atoms with Gasteiger partial charge in [0.15, 0.2) is 0 Å². The largest absolute Gasteiger partial charge is 0.311 e. The van der Waals surface area contributed by atoms with E-state index in [1.807, 2.05) is 24.3 Å². The minimum absolute atomic E-state index is 0.633. The molecule has 0 unspecified atom stereocenters. The number of nitrogens with zero attached hydrogens (tertiary/aromatic N) is 4. The average Bonchev–Trinajstić information content (AvgIpc) is 2.74. The quantitative estimate of drug-likeness (QED) is 0.335. The molecule has 0 bridgehead atoms. The molecule has 0 radical (unpaired) electrons. The Kier molecular flexibility index (Phi) is 9.70. The molecule has 1 heterocycles. The summed E-state index contributed by atoms with van der Waals surface area (Å²) < 4.78 is 0. The number of nitriles is 1. The summed E-state index contributed by atoms with van der Waals surface area (Å²) in [7, 11) is 0. The number of nitrogens with one attached hydrogen (secondary N) is 2. The Morgan fingerprint density at radius 2 is 1.93 bits per heavy atom. The minimum Gasteiger partial charge on any atom is -0.311 e. The van der Waals surface area contributed by atoms with Crippen molar-refractivity contribution in [1.29, 1.82) is 5.26 Å². The van der Waals surface area contributed by atoms with Crippen LogP contribution in [0.5, 0.6) is 0 Å². The summed E-state index contributed by atoms with van der Waals surface area (Å²) in [5.74, 6) is 0. The predicted octanol–water partition coefficient (Wildman–Crippen LogP) is 3.61. The molecule has 0 aliphatic carbocycles. The fraction of sp³-hybridized carbons (Fsp3) is 0.409. The van der Waals surface area contributed by atoms with Crippen LogP contribution in [0, 0.1) is 11.3 Å². The number of pyridine rings is 1. The first-order valence-electron chi connectivity index (χ1n) is 9.92. The van der Waals surface area contributed by atoms with Gasteiger partial charge in [-0.2, -0.15) is 10.4 Å². The highest BCUT2D eigenvalue weighted by Crippen LogP contribution is 2.08. The van der Waals surface area contributed by atoms with E-state index in [9.17, 15) is 0 Å². The lowest BCUT2D eigenvalue weighted by Gasteiger charge is -2.17. The molecule has 148 valence electrons. The van der Waals surface area contributed by atoms with Crippen molar-refractivity contribution in [2.45, 2.75) is 33.2 Å². The van der Waals surface area contributed by atoms with Crippen LogP contribution >= 0.6 is 0 Å². The van der Waals surface area contributed by atoms with E-state index in [1.54, 1.807) is 24.5 Å². The summed E-state index contributed by atoms with van der Waals surface area (Å²) in [5.41, 5.74) is 6.45. The molecular formula is C22H30N6. The Bertz CT molecular complexity index is 759. The second kappa shape index (κ2) is 12.6. The van der Waals surface area contributed by atoms with E-state index < -0.39 is 0 Å². The molecule has 0 saturated heterocycles. The summed E-state index contributed by atoms with van der Waals surface area (Å²) in [6.07, 6.45) is 5.97. The van der Waals surface area contributed by atoms with Gasteiger partial charge in [-0.3, -0.25) is 10.4 Å². The maximum Gasteiger partial charge on any atom is 0.0991 e. The first-order valence-corrected chi connectivity index (χ1v) is 9.92. The Morgan fingerprint density at radius 3 is 2.64 bits per heavy atom. The zero-order valence-electron chi connectivity index (χ0n) is 16.9. The van der Waals surface area contributed by atoms with Crippen LogP contribution in [0.15, 0.2) is 47.7 Å². The molecule has 6 nitrogen and oxygen atoms in total. The van der Waals surface area contributed by atoms with Crippen molar-refractivity contribution in [2.75, 3.05) is 31.6 Å². The highest BCUT2D eigenvalue weighted by Gasteiger charge is 1.99. The Morgan fingerprint density at radius 1 is 1.14 bits per heavy atom. The van der Waals surface area contributed by atoms with Crippen molar-refractivity contribution in [1.82, 2.24) is 15.2 Å². The maximum absolute atomic E-state index is 8.81. The van der Waals surface area contributed by atoms with Gasteiger partial charge in [0.25, 0.3) is 0 Å². The van der Waals surface area contributed by atoms with E-state index in [2.05, 4.69) is 45.6 Å². The zero-order chi connectivity index (χ0) is 20.0. The number of rotatable bonds is 12. The third-order valence-electron chi connectivity index (χ3n) is 4.54. The number of anilines is 1. The molecule has 0 spiro atoms. The molecular weight excluding hydrogens is 348 g/mol. The van der Waals surface area contributed by atoms with Gasteiger partial charge in [0.2, 0.25) is 0 Å². The van der Waals surface area contributed by atoms with E-state index in [-0.39, 0.29) is 0 Å². The van der Waals surface area contributed by atoms with Gasteiger partial charge in [-0.15, -0.1) is 0 Å². The van der Waals surface area contributed by atoms with Crippen LogP contribution in [0.1, 0.15) is 43.5 Å². The van der Waals surface area contributed by atoms with Crippen molar-refractivity contribution in [3.05, 3.63) is 59.4 Å². The smallest absolute Gasteiger partial charge is 0.0991 e. The molecule has 0 aliphatic rings. The molecule has 1 aromatic carbocycles. The molecule has 2 aromatic rings. The minimum atomic E-state index is 0.633. The summed E-state index contributed by atoms with van der Waals surface area (Å²) in [6.45, 7) is 9.61. The number of unbranched alkanes of at least 4 members (excludes halogenated alkanes) is 1. The van der Waals surface area contributed by atoms with Crippen LogP contribution in [0.25, 0.3) is 0 Å². The van der Waals surface area contributed by atoms with Crippen LogP contribution in [0.3, 0.4) is 0 Å². The van der Waals surface area contributed by atoms with Gasteiger partial charge in [0.05, 0.1) is 29.2 Å². The Hall–Kier alpha value is -2.75. The average molecular weight is 379 g/mol. The number of hydrogen-bond donors (Lipinski definition) is 2. The van der Waals surface area contributed by atoms with Crippen molar-refractivity contribution in [3.8, 4) is 6.07 Å². The molecule has 1 aromatic heterocycles. The summed E-state index contributed by atoms with van der Waals surface area (Å²) in [5, 5.41) is 16.5. The van der Waals surface area contributed by atoms with E-state index in [0.717, 1.165) is 43.1 Å². The first-order chi connectivity index (χ1) is 13.7. The van der Waals surface area contributed by atoms with E-state index >= 15 is 0 Å². The third kappa shape index (κ3) is 7.87. The molecule has 0 amide bonds. The normalized spacial score (nSPS) is 11.1. The molecule has 0 atom stereocenters. The topological polar surface area (TPSA) is 76.3 Å². The SMILES string of the molecule is CCN(CC)CCCCNCc1cc(/C=N/Nc2ccc(C#N)cc2)ccn1. The van der Waals surface area contributed by atoms with Gasteiger partial charge in [-0.25, -0.2) is 0 Å². The Balaban J connectivity index is 1.71. The second-order valence-electron chi connectivity index (χ2n) is 6.55. The highest BCUT2D eigenvalue weighted by atomic mass is 15.3. The van der Waals surface area contributed by atoms with Gasteiger partial charge in [-0.1, -0.05) is 13.8 Å². The molecule has 0 aliphatic heterocycles. The first kappa shape index (κ1) is 21.5. The lowest BCUT2D eigenvalue weighted by atomic mass is 10.2. The van der Waals surface area contributed by atoms with E-state index in [1.165, 1.54) is 19.4 Å². The van der Waals surface area contributed by atoms with Crippen molar-refractivity contribution >= 4 is 11.9 Å². The van der Waals surface area contributed by atoms with Gasteiger partial charge in [0, 0.05) is 12.7 Å². The summed E-state index contributed by atoms with van der Waals surface area (Å²) in [6, 6.07) is 13.2. The maximum atomic E-state index is 8.81. The van der Waals surface area contributed by atoms with E-state index in [0.29, 0.717) is 5.56 Å². The molecule has 2 N–H and O–H groups in total. The van der Waals surface area contributed by atoms with Gasteiger partial charge in [0.1, 0.15) is 0 Å². The fourth-order valence-corrected chi connectivity index (χ4v) is 2.82.